The van der Waals surface area contributed by atoms with Gasteiger partial charge in [-0.2, -0.15) is 13.2 Å². The standard InChI is InChI=1S/C26H24F3N3O2/c1-17-6-5-11-32-23(16-31-25(17)32)22(19-8-4-10-21(13-19)34-2)14-24(33)30-15-18-7-3-9-20(12-18)26(27,28)29/h3-13,16,22H,14-15H2,1-2H3,(H,30,33). The Morgan fingerprint density at radius 2 is 1.91 bits per heavy atom. The van der Waals surface area contributed by atoms with E-state index in [-0.39, 0.29) is 24.8 Å². The van der Waals surface area contributed by atoms with E-state index in [0.29, 0.717) is 11.3 Å². The van der Waals surface area contributed by atoms with Gasteiger partial charge in [0.25, 0.3) is 0 Å². The third-order valence-electron chi connectivity index (χ3n) is 5.75. The number of imidazole rings is 1. The Labute approximate surface area is 195 Å². The van der Waals surface area contributed by atoms with Crippen LogP contribution in [0.2, 0.25) is 0 Å². The molecule has 5 nitrogen and oxygen atoms in total. The van der Waals surface area contributed by atoms with E-state index in [1.165, 1.54) is 6.07 Å². The summed E-state index contributed by atoms with van der Waals surface area (Å²) in [5, 5.41) is 2.76. The number of rotatable bonds is 7. The van der Waals surface area contributed by atoms with Crippen LogP contribution in [0.4, 0.5) is 13.2 Å². The molecule has 34 heavy (non-hydrogen) atoms. The first-order valence-corrected chi connectivity index (χ1v) is 10.8. The molecule has 8 heteroatoms. The Kier molecular flexibility index (Phi) is 6.58. The number of alkyl halides is 3. The molecule has 176 valence electrons. The number of hydrogen-bond donors (Lipinski definition) is 1. The minimum atomic E-state index is -4.43. The number of halogens is 3. The summed E-state index contributed by atoms with van der Waals surface area (Å²) in [4.78, 5) is 17.5. The van der Waals surface area contributed by atoms with Gasteiger partial charge < -0.3 is 14.5 Å². The summed E-state index contributed by atoms with van der Waals surface area (Å²) in [7, 11) is 1.58. The molecule has 1 atom stereocenters. The number of fused-ring (bicyclic) bond motifs is 1. The topological polar surface area (TPSA) is 55.6 Å². The molecule has 1 unspecified atom stereocenters. The van der Waals surface area contributed by atoms with Gasteiger partial charge in [-0.05, 0) is 53.9 Å². The molecule has 1 amide bonds. The zero-order valence-electron chi connectivity index (χ0n) is 18.8. The summed E-state index contributed by atoms with van der Waals surface area (Å²) >= 11 is 0. The minimum absolute atomic E-state index is 0.000154. The van der Waals surface area contributed by atoms with Crippen LogP contribution in [-0.4, -0.2) is 22.4 Å². The van der Waals surface area contributed by atoms with Crippen LogP contribution in [-0.2, 0) is 17.5 Å². The van der Waals surface area contributed by atoms with E-state index in [1.54, 1.807) is 19.4 Å². The SMILES string of the molecule is COc1cccc(C(CC(=O)NCc2cccc(C(F)(F)F)c2)c2cnc3c(C)cccn23)c1. The highest BCUT2D eigenvalue weighted by atomic mass is 19.4. The summed E-state index contributed by atoms with van der Waals surface area (Å²) in [6, 6.07) is 16.3. The van der Waals surface area contributed by atoms with Crippen LogP contribution >= 0.6 is 0 Å². The minimum Gasteiger partial charge on any atom is -0.497 e. The van der Waals surface area contributed by atoms with Gasteiger partial charge in [0.1, 0.15) is 11.4 Å². The number of methoxy groups -OCH3 is 1. The molecule has 0 saturated carbocycles. The number of carbonyl (C=O) groups excluding carboxylic acids is 1. The van der Waals surface area contributed by atoms with Crippen molar-refractivity contribution < 1.29 is 22.7 Å². The van der Waals surface area contributed by atoms with E-state index in [1.807, 2.05) is 53.9 Å². The molecule has 0 saturated heterocycles. The number of carbonyl (C=O) groups is 1. The van der Waals surface area contributed by atoms with Crippen molar-refractivity contribution in [1.29, 1.82) is 0 Å². The first-order chi connectivity index (χ1) is 16.3. The van der Waals surface area contributed by atoms with E-state index in [0.717, 1.165) is 34.6 Å². The quantitative estimate of drug-likeness (QED) is 0.390. The molecular formula is C26H24F3N3O2. The fraction of sp³-hybridized carbons (Fsp3) is 0.231. The maximum absolute atomic E-state index is 13.0. The van der Waals surface area contributed by atoms with Crippen LogP contribution in [0.3, 0.4) is 0 Å². The van der Waals surface area contributed by atoms with Crippen molar-refractivity contribution in [2.75, 3.05) is 7.11 Å². The molecule has 0 aliphatic rings. The fourth-order valence-corrected chi connectivity index (χ4v) is 4.00. The highest BCUT2D eigenvalue weighted by Gasteiger charge is 2.30. The second-order valence-electron chi connectivity index (χ2n) is 8.08. The second-order valence-corrected chi connectivity index (χ2v) is 8.08. The van der Waals surface area contributed by atoms with Crippen LogP contribution in [0.15, 0.2) is 73.1 Å². The zero-order chi connectivity index (χ0) is 24.3. The number of hydrogen-bond acceptors (Lipinski definition) is 3. The van der Waals surface area contributed by atoms with Crippen molar-refractivity contribution in [2.45, 2.75) is 32.0 Å². The smallest absolute Gasteiger partial charge is 0.416 e. The lowest BCUT2D eigenvalue weighted by atomic mass is 9.92. The van der Waals surface area contributed by atoms with E-state index in [4.69, 9.17) is 4.74 Å². The molecule has 0 spiro atoms. The van der Waals surface area contributed by atoms with Gasteiger partial charge in [0.05, 0.1) is 18.4 Å². The molecule has 4 rings (SSSR count). The lowest BCUT2D eigenvalue weighted by Crippen LogP contribution is -2.25. The Hall–Kier alpha value is -3.81. The third kappa shape index (κ3) is 5.06. The van der Waals surface area contributed by atoms with Crippen molar-refractivity contribution in [2.24, 2.45) is 0 Å². The molecular weight excluding hydrogens is 443 g/mol. The fourth-order valence-electron chi connectivity index (χ4n) is 4.00. The first-order valence-electron chi connectivity index (χ1n) is 10.8. The van der Waals surface area contributed by atoms with Crippen molar-refractivity contribution in [1.82, 2.24) is 14.7 Å². The van der Waals surface area contributed by atoms with Gasteiger partial charge >= 0.3 is 6.18 Å². The van der Waals surface area contributed by atoms with Crippen LogP contribution < -0.4 is 10.1 Å². The molecule has 0 bridgehead atoms. The summed E-state index contributed by atoms with van der Waals surface area (Å²) in [6.07, 6.45) is -0.683. The Bertz CT molecular complexity index is 1310. The summed E-state index contributed by atoms with van der Waals surface area (Å²) in [5.41, 5.74) is 3.15. The largest absolute Gasteiger partial charge is 0.497 e. The number of aromatic nitrogens is 2. The van der Waals surface area contributed by atoms with E-state index in [2.05, 4.69) is 10.3 Å². The molecule has 0 fully saturated rings. The number of ether oxygens (including phenoxy) is 1. The lowest BCUT2D eigenvalue weighted by Gasteiger charge is -2.18. The summed E-state index contributed by atoms with van der Waals surface area (Å²) in [5.74, 6) is 0.0399. The molecule has 0 aliphatic carbocycles. The average molecular weight is 467 g/mol. The maximum Gasteiger partial charge on any atom is 0.416 e. The van der Waals surface area contributed by atoms with Gasteiger partial charge in [-0.25, -0.2) is 4.98 Å². The molecule has 2 heterocycles. The van der Waals surface area contributed by atoms with Crippen LogP contribution in [0, 0.1) is 6.92 Å². The van der Waals surface area contributed by atoms with Crippen LogP contribution in [0.1, 0.15) is 40.3 Å². The Morgan fingerprint density at radius 1 is 1.12 bits per heavy atom. The van der Waals surface area contributed by atoms with Crippen molar-refractivity contribution >= 4 is 11.6 Å². The van der Waals surface area contributed by atoms with Crippen LogP contribution in [0.5, 0.6) is 5.75 Å². The Balaban J connectivity index is 1.60. The van der Waals surface area contributed by atoms with Crippen molar-refractivity contribution in [3.63, 3.8) is 0 Å². The summed E-state index contributed by atoms with van der Waals surface area (Å²) in [6.45, 7) is 1.97. The van der Waals surface area contributed by atoms with Crippen molar-refractivity contribution in [3.8, 4) is 5.75 Å². The van der Waals surface area contributed by atoms with E-state index in [9.17, 15) is 18.0 Å². The summed E-state index contributed by atoms with van der Waals surface area (Å²) < 4.78 is 46.3. The van der Waals surface area contributed by atoms with Crippen molar-refractivity contribution in [3.05, 3.63) is 101 Å². The molecule has 2 aromatic carbocycles. The molecule has 1 N–H and O–H groups in total. The van der Waals surface area contributed by atoms with E-state index >= 15 is 0 Å². The van der Waals surface area contributed by atoms with Gasteiger partial charge in [0.2, 0.25) is 5.91 Å². The first kappa shape index (κ1) is 23.4. The highest BCUT2D eigenvalue weighted by Crippen LogP contribution is 2.32. The molecule has 0 aliphatic heterocycles. The Morgan fingerprint density at radius 3 is 2.68 bits per heavy atom. The number of aryl methyl sites for hydroxylation is 1. The van der Waals surface area contributed by atoms with Gasteiger partial charge in [-0.3, -0.25) is 4.79 Å². The number of nitrogens with one attached hydrogen (secondary N) is 1. The monoisotopic (exact) mass is 467 g/mol. The van der Waals surface area contributed by atoms with Crippen LogP contribution in [0.25, 0.3) is 5.65 Å². The molecule has 4 aromatic rings. The lowest BCUT2D eigenvalue weighted by molar-refractivity contribution is -0.137. The van der Waals surface area contributed by atoms with E-state index < -0.39 is 11.7 Å². The average Bonchev–Trinajstić information content (AvgIpc) is 3.26. The predicted octanol–water partition coefficient (Wildman–Crippen LogP) is 5.51. The number of nitrogens with zero attached hydrogens (tertiary/aromatic N) is 2. The number of benzene rings is 2. The number of amides is 1. The zero-order valence-corrected chi connectivity index (χ0v) is 18.8. The van der Waals surface area contributed by atoms with Gasteiger partial charge in [-0.15, -0.1) is 0 Å². The molecule has 2 aromatic heterocycles. The predicted molar refractivity (Wildman–Crippen MR) is 123 cm³/mol. The highest BCUT2D eigenvalue weighted by molar-refractivity contribution is 5.77. The van der Waals surface area contributed by atoms with Gasteiger partial charge in [-0.1, -0.05) is 30.3 Å². The van der Waals surface area contributed by atoms with Gasteiger partial charge in [0, 0.05) is 31.3 Å². The number of pyridine rings is 1. The molecule has 0 radical (unpaired) electrons. The normalized spacial score (nSPS) is 12.5. The second kappa shape index (κ2) is 9.59. The third-order valence-corrected chi connectivity index (χ3v) is 5.75. The maximum atomic E-state index is 13.0. The van der Waals surface area contributed by atoms with Gasteiger partial charge in [0.15, 0.2) is 0 Å².